The van der Waals surface area contributed by atoms with Crippen LogP contribution >= 0.6 is 0 Å². The molecule has 9 rings (SSSR count). The van der Waals surface area contributed by atoms with Gasteiger partial charge in [0.15, 0.2) is 0 Å². The van der Waals surface area contributed by atoms with Gasteiger partial charge >= 0.3 is 0 Å². The van der Waals surface area contributed by atoms with Crippen LogP contribution < -0.4 is 26.2 Å². The van der Waals surface area contributed by atoms with Gasteiger partial charge in [0.05, 0.1) is 34.1 Å². The smallest absolute Gasteiger partial charge is 0.150 e. The summed E-state index contributed by atoms with van der Waals surface area (Å²) in [5, 5.41) is 15.3. The summed E-state index contributed by atoms with van der Waals surface area (Å²) in [7, 11) is 0. The first-order valence-corrected chi connectivity index (χ1v) is 21.6. The topological polar surface area (TPSA) is 68.4 Å². The lowest BCUT2D eigenvalue weighted by molar-refractivity contribution is 0.112. The van der Waals surface area contributed by atoms with Crippen molar-refractivity contribution in [2.75, 3.05) is 26.2 Å². The first-order valence-electron chi connectivity index (χ1n) is 21.6. The quantitative estimate of drug-likeness (QED) is 0.0574. The highest BCUT2D eigenvalue weighted by molar-refractivity contribution is 6.06. The minimum Gasteiger partial charge on any atom is -0.354 e. The fourth-order valence-electron chi connectivity index (χ4n) is 7.68. The number of benzene rings is 9. The molecule has 0 amide bonds. The maximum atomic E-state index is 12.3. The monoisotopic (exact) mass is 841 g/mol. The predicted octanol–water partition coefficient (Wildman–Crippen LogP) is 16.3. The highest BCUT2D eigenvalue weighted by atomic mass is 16.1. The second kappa shape index (κ2) is 20.3. The summed E-state index contributed by atoms with van der Waals surface area (Å²) in [5.74, 6) is 0. The van der Waals surface area contributed by atoms with Crippen LogP contribution in [0, 0.1) is 0 Å². The zero-order chi connectivity index (χ0) is 44.0. The third-order valence-corrected chi connectivity index (χ3v) is 10.9. The Morgan fingerprint density at radius 3 is 1.00 bits per heavy atom. The lowest BCUT2D eigenvalue weighted by atomic mass is 9.99. The van der Waals surface area contributed by atoms with Crippen molar-refractivity contribution in [3.8, 4) is 0 Å². The molecule has 0 atom stereocenters. The van der Waals surface area contributed by atoms with Crippen LogP contribution in [0.4, 0.5) is 62.6 Å². The van der Waals surface area contributed by atoms with Gasteiger partial charge in [0, 0.05) is 45.1 Å². The van der Waals surface area contributed by atoms with Crippen molar-refractivity contribution >= 4 is 93.2 Å². The molecule has 0 aliphatic rings. The highest BCUT2D eigenvalue weighted by Gasteiger charge is 2.28. The van der Waals surface area contributed by atoms with E-state index in [1.807, 2.05) is 109 Å². The summed E-state index contributed by atoms with van der Waals surface area (Å²) in [5.41, 5.74) is 14.2. The van der Waals surface area contributed by atoms with Gasteiger partial charge in [-0.1, -0.05) is 170 Å². The third kappa shape index (κ3) is 10.3. The van der Waals surface area contributed by atoms with Gasteiger partial charge in [-0.15, -0.1) is 0 Å². The Kier molecular flexibility index (Phi) is 13.0. The molecule has 6 nitrogen and oxygen atoms in total. The largest absolute Gasteiger partial charge is 0.354 e. The number of carbonyl (C=O) groups is 1. The first kappa shape index (κ1) is 41.5. The summed E-state index contributed by atoms with van der Waals surface area (Å²) < 4.78 is 0. The molecule has 0 aliphatic carbocycles. The SMILES string of the molecule is O=Cc1ccc(N(c2c(/C=C\c3ccccc3)ccc(Nc3ccccc3)c2Nc2ccccc2)c2c(/C=C/c3ccccc3)ccc(Nc3ccccc3)c2Nc2ccccc2)cc1. The Morgan fingerprint density at radius 1 is 0.308 bits per heavy atom. The number of carbonyl (C=O) groups excluding carboxylic acids is 1. The molecule has 0 saturated carbocycles. The van der Waals surface area contributed by atoms with Crippen LogP contribution in [0.15, 0.2) is 231 Å². The second-order valence-corrected chi connectivity index (χ2v) is 15.3. The third-order valence-electron chi connectivity index (χ3n) is 10.9. The van der Waals surface area contributed by atoms with Crippen molar-refractivity contribution in [3.63, 3.8) is 0 Å². The number of hydrogen-bond acceptors (Lipinski definition) is 6. The molecule has 4 N–H and O–H groups in total. The van der Waals surface area contributed by atoms with Crippen LogP contribution in [0.5, 0.6) is 0 Å². The van der Waals surface area contributed by atoms with E-state index in [1.165, 1.54) is 0 Å². The zero-order valence-electron chi connectivity index (χ0n) is 35.7. The summed E-state index contributed by atoms with van der Waals surface area (Å²) in [6, 6.07) is 78.0. The van der Waals surface area contributed by atoms with Crippen LogP contribution in [0.1, 0.15) is 32.6 Å². The minimum atomic E-state index is 0.575. The van der Waals surface area contributed by atoms with Crippen LogP contribution in [0.25, 0.3) is 24.3 Å². The minimum absolute atomic E-state index is 0.575. The summed E-state index contributed by atoms with van der Waals surface area (Å²) in [4.78, 5) is 14.6. The molecule has 65 heavy (non-hydrogen) atoms. The van der Waals surface area contributed by atoms with Crippen molar-refractivity contribution in [2.45, 2.75) is 0 Å². The molecule has 6 heteroatoms. The van der Waals surface area contributed by atoms with Gasteiger partial charge in [-0.05, 0) is 96.1 Å². The van der Waals surface area contributed by atoms with Gasteiger partial charge in [-0.3, -0.25) is 4.79 Å². The molecule has 0 aromatic heterocycles. The molecule has 0 radical (unpaired) electrons. The molecule has 9 aromatic carbocycles. The molecule has 0 unspecified atom stereocenters. The Balaban J connectivity index is 1.40. The van der Waals surface area contributed by atoms with E-state index in [9.17, 15) is 4.79 Å². The lowest BCUT2D eigenvalue weighted by Crippen LogP contribution is -2.18. The molecular formula is C59H47N5O. The average Bonchev–Trinajstić information content (AvgIpc) is 3.37. The molecule has 0 bridgehead atoms. The van der Waals surface area contributed by atoms with Crippen molar-refractivity contribution in [1.29, 1.82) is 0 Å². The highest BCUT2D eigenvalue weighted by Crippen LogP contribution is 2.52. The van der Waals surface area contributed by atoms with E-state index < -0.39 is 0 Å². The predicted molar refractivity (Wildman–Crippen MR) is 276 cm³/mol. The molecule has 0 fully saturated rings. The van der Waals surface area contributed by atoms with Crippen LogP contribution in [-0.4, -0.2) is 6.29 Å². The van der Waals surface area contributed by atoms with Gasteiger partial charge < -0.3 is 26.2 Å². The number of para-hydroxylation sites is 4. The Hall–Kier alpha value is -8.87. The van der Waals surface area contributed by atoms with E-state index >= 15 is 0 Å². The first-order chi connectivity index (χ1) is 32.2. The van der Waals surface area contributed by atoms with Crippen molar-refractivity contribution < 1.29 is 4.79 Å². The standard InChI is InChI=1S/C59H47N5O/c65-43-46-33-39-53(40-34-46)64(58-47(35-31-44-19-7-1-8-20-44)37-41-54(60-49-23-11-3-12-24-49)56(58)62-51-27-15-5-16-28-51)59-48(36-32-45-21-9-2-10-22-45)38-42-55(61-50-25-13-4-14-26-50)57(59)63-52-29-17-6-18-30-52/h1-43,60-63H/b35-31-,36-32+. The van der Waals surface area contributed by atoms with Crippen LogP contribution in [0.2, 0.25) is 0 Å². The van der Waals surface area contributed by atoms with Gasteiger partial charge in [0.2, 0.25) is 0 Å². The van der Waals surface area contributed by atoms with Gasteiger partial charge in [-0.2, -0.15) is 0 Å². The molecule has 314 valence electrons. The maximum Gasteiger partial charge on any atom is 0.150 e. The second-order valence-electron chi connectivity index (χ2n) is 15.3. The van der Waals surface area contributed by atoms with E-state index in [0.29, 0.717) is 5.56 Å². The van der Waals surface area contributed by atoms with Crippen molar-refractivity contribution in [1.82, 2.24) is 0 Å². The van der Waals surface area contributed by atoms with Crippen LogP contribution in [-0.2, 0) is 0 Å². The summed E-state index contributed by atoms with van der Waals surface area (Å²) >= 11 is 0. The fraction of sp³-hybridized carbons (Fsp3) is 0. The van der Waals surface area contributed by atoms with Gasteiger partial charge in [0.25, 0.3) is 0 Å². The van der Waals surface area contributed by atoms with Crippen molar-refractivity contribution in [2.24, 2.45) is 0 Å². The normalized spacial score (nSPS) is 11.0. The molecule has 0 heterocycles. The van der Waals surface area contributed by atoms with Gasteiger partial charge in [0.1, 0.15) is 6.29 Å². The fourth-order valence-corrected chi connectivity index (χ4v) is 7.68. The molecule has 0 aliphatic heterocycles. The molecule has 0 spiro atoms. The maximum absolute atomic E-state index is 12.3. The summed E-state index contributed by atoms with van der Waals surface area (Å²) in [6.07, 6.45) is 9.53. The molecule has 0 saturated heterocycles. The Morgan fingerprint density at radius 2 is 0.646 bits per heavy atom. The number of rotatable bonds is 16. The Bertz CT molecular complexity index is 2830. The van der Waals surface area contributed by atoms with E-state index in [-0.39, 0.29) is 0 Å². The Labute approximate surface area is 380 Å². The van der Waals surface area contributed by atoms with Gasteiger partial charge in [-0.25, -0.2) is 0 Å². The number of aldehydes is 1. The average molecular weight is 842 g/mol. The number of nitrogens with zero attached hydrogens (tertiary/aromatic N) is 1. The molecule has 9 aromatic rings. The van der Waals surface area contributed by atoms with E-state index in [0.717, 1.165) is 91.1 Å². The molecular weight excluding hydrogens is 795 g/mol. The zero-order valence-corrected chi connectivity index (χ0v) is 35.7. The van der Waals surface area contributed by atoms with Crippen LogP contribution in [0.3, 0.4) is 0 Å². The number of nitrogens with one attached hydrogen (secondary N) is 4. The van der Waals surface area contributed by atoms with E-state index in [1.54, 1.807) is 0 Å². The number of hydrogen-bond donors (Lipinski definition) is 4. The summed E-state index contributed by atoms with van der Waals surface area (Å²) in [6.45, 7) is 0. The lowest BCUT2D eigenvalue weighted by Gasteiger charge is -2.34. The van der Waals surface area contributed by atoms with E-state index in [4.69, 9.17) is 0 Å². The van der Waals surface area contributed by atoms with E-state index in [2.05, 4.69) is 172 Å². The van der Waals surface area contributed by atoms with Crippen molar-refractivity contribution in [3.05, 3.63) is 258 Å². The number of anilines is 11.